The molecule has 0 saturated carbocycles. The number of aryl methyl sites for hydroxylation is 2. The summed E-state index contributed by atoms with van der Waals surface area (Å²) in [5, 5.41) is 0. The molecule has 0 fully saturated rings. The second-order valence-corrected chi connectivity index (χ2v) is 4.52. The molecular formula is C13H11N3O4. The first kappa shape index (κ1) is 12.2. The minimum absolute atomic E-state index is 0.380. The Hall–Kier alpha value is -2.83. The van der Waals surface area contributed by atoms with Crippen LogP contribution in [0.5, 0.6) is 0 Å². The van der Waals surface area contributed by atoms with Gasteiger partial charge in [0.2, 0.25) is 0 Å². The van der Waals surface area contributed by atoms with Crippen molar-refractivity contribution in [2.75, 3.05) is 0 Å². The van der Waals surface area contributed by atoms with Gasteiger partial charge in [0, 0.05) is 24.9 Å². The maximum absolute atomic E-state index is 11.8. The second kappa shape index (κ2) is 4.09. The number of nitrogens with one attached hydrogen (secondary N) is 1. The molecule has 1 aromatic carbocycles. The highest BCUT2D eigenvalue weighted by Crippen LogP contribution is 2.16. The molecule has 0 atom stereocenters. The van der Waals surface area contributed by atoms with Crippen LogP contribution in [0.15, 0.2) is 43.2 Å². The van der Waals surface area contributed by atoms with Gasteiger partial charge in [-0.3, -0.25) is 18.9 Å². The Bertz CT molecular complexity index is 987. The number of benzene rings is 1. The molecule has 7 heteroatoms. The first-order valence-electron chi connectivity index (χ1n) is 5.90. The van der Waals surface area contributed by atoms with Crippen molar-refractivity contribution in [1.82, 2.24) is 14.1 Å². The van der Waals surface area contributed by atoms with Crippen LogP contribution in [-0.4, -0.2) is 14.1 Å². The lowest BCUT2D eigenvalue weighted by Crippen LogP contribution is -2.29. The van der Waals surface area contributed by atoms with E-state index in [1.165, 1.54) is 15.3 Å². The van der Waals surface area contributed by atoms with E-state index in [0.29, 0.717) is 22.4 Å². The van der Waals surface area contributed by atoms with E-state index in [1.54, 1.807) is 32.2 Å². The van der Waals surface area contributed by atoms with Gasteiger partial charge in [0.05, 0.1) is 11.2 Å². The molecule has 0 unspecified atom stereocenters. The van der Waals surface area contributed by atoms with Gasteiger partial charge in [0.15, 0.2) is 5.58 Å². The SMILES string of the molecule is Cc1cn(-c2ccc3c(c2)oc(=O)n3C)c(=O)[nH]c1=O. The molecule has 0 bridgehead atoms. The molecule has 0 amide bonds. The molecule has 0 aliphatic heterocycles. The van der Waals surface area contributed by atoms with E-state index >= 15 is 0 Å². The fourth-order valence-electron chi connectivity index (χ4n) is 2.03. The fourth-order valence-corrected chi connectivity index (χ4v) is 2.03. The Morgan fingerprint density at radius 1 is 1.20 bits per heavy atom. The van der Waals surface area contributed by atoms with Gasteiger partial charge < -0.3 is 4.42 Å². The van der Waals surface area contributed by atoms with Crippen molar-refractivity contribution in [3.05, 3.63) is 61.3 Å². The van der Waals surface area contributed by atoms with Crippen molar-refractivity contribution >= 4 is 11.1 Å². The molecule has 3 rings (SSSR count). The number of H-pyrrole nitrogens is 1. The molecule has 20 heavy (non-hydrogen) atoms. The van der Waals surface area contributed by atoms with Crippen LogP contribution < -0.4 is 17.0 Å². The molecular weight excluding hydrogens is 262 g/mol. The minimum atomic E-state index is -0.543. The normalized spacial score (nSPS) is 11.1. The topological polar surface area (TPSA) is 90.0 Å². The van der Waals surface area contributed by atoms with Crippen molar-refractivity contribution in [1.29, 1.82) is 0 Å². The molecule has 7 nitrogen and oxygen atoms in total. The number of hydrogen-bond donors (Lipinski definition) is 1. The summed E-state index contributed by atoms with van der Waals surface area (Å²) in [5.41, 5.74) is 0.978. The van der Waals surface area contributed by atoms with E-state index in [9.17, 15) is 14.4 Å². The van der Waals surface area contributed by atoms with Gasteiger partial charge in [0.25, 0.3) is 5.56 Å². The number of rotatable bonds is 1. The van der Waals surface area contributed by atoms with Crippen molar-refractivity contribution in [3.63, 3.8) is 0 Å². The van der Waals surface area contributed by atoms with E-state index < -0.39 is 17.0 Å². The zero-order valence-electron chi connectivity index (χ0n) is 10.8. The number of hydrogen-bond acceptors (Lipinski definition) is 4. The average Bonchev–Trinajstić information content (AvgIpc) is 2.69. The highest BCUT2D eigenvalue weighted by molar-refractivity contribution is 5.75. The van der Waals surface area contributed by atoms with Crippen LogP contribution in [0, 0.1) is 6.92 Å². The number of nitrogens with zero attached hydrogens (tertiary/aromatic N) is 2. The second-order valence-electron chi connectivity index (χ2n) is 4.52. The quantitative estimate of drug-likeness (QED) is 0.689. The van der Waals surface area contributed by atoms with Crippen LogP contribution in [0.3, 0.4) is 0 Å². The van der Waals surface area contributed by atoms with Crippen LogP contribution in [0.2, 0.25) is 0 Å². The molecule has 0 aliphatic rings. The lowest BCUT2D eigenvalue weighted by molar-refractivity contribution is 0.528. The monoisotopic (exact) mass is 273 g/mol. The van der Waals surface area contributed by atoms with Gasteiger partial charge in [-0.1, -0.05) is 0 Å². The first-order chi connectivity index (χ1) is 9.47. The van der Waals surface area contributed by atoms with Gasteiger partial charge in [-0.15, -0.1) is 0 Å². The Labute approximate surface area is 111 Å². The Balaban J connectivity index is 2.30. The summed E-state index contributed by atoms with van der Waals surface area (Å²) in [4.78, 5) is 36.8. The van der Waals surface area contributed by atoms with E-state index in [0.717, 1.165) is 0 Å². The third kappa shape index (κ3) is 1.71. The standard InChI is InChI=1S/C13H11N3O4/c1-7-6-16(12(18)14-11(7)17)8-3-4-9-10(5-8)20-13(19)15(9)2/h3-6H,1-2H3,(H,14,17,18). The summed E-state index contributed by atoms with van der Waals surface area (Å²) in [6.07, 6.45) is 1.45. The predicted molar refractivity (Wildman–Crippen MR) is 72.4 cm³/mol. The first-order valence-corrected chi connectivity index (χ1v) is 5.90. The van der Waals surface area contributed by atoms with Crippen LogP contribution in [-0.2, 0) is 7.05 Å². The number of aromatic amines is 1. The molecule has 2 aromatic heterocycles. The minimum Gasteiger partial charge on any atom is -0.408 e. The van der Waals surface area contributed by atoms with Crippen molar-refractivity contribution < 1.29 is 4.42 Å². The fraction of sp³-hybridized carbons (Fsp3) is 0.154. The maximum Gasteiger partial charge on any atom is 0.419 e. The molecule has 3 aromatic rings. The zero-order valence-corrected chi connectivity index (χ0v) is 10.8. The smallest absolute Gasteiger partial charge is 0.408 e. The van der Waals surface area contributed by atoms with Crippen molar-refractivity contribution in [2.45, 2.75) is 6.92 Å². The predicted octanol–water partition coefficient (Wildman–Crippen LogP) is 0.279. The number of oxazole rings is 1. The summed E-state index contributed by atoms with van der Waals surface area (Å²) >= 11 is 0. The Morgan fingerprint density at radius 3 is 2.70 bits per heavy atom. The lowest BCUT2D eigenvalue weighted by atomic mass is 10.2. The lowest BCUT2D eigenvalue weighted by Gasteiger charge is -2.05. The highest BCUT2D eigenvalue weighted by Gasteiger charge is 2.09. The van der Waals surface area contributed by atoms with E-state index in [2.05, 4.69) is 4.98 Å². The van der Waals surface area contributed by atoms with Gasteiger partial charge in [-0.2, -0.15) is 0 Å². The van der Waals surface area contributed by atoms with Gasteiger partial charge in [0.1, 0.15) is 0 Å². The maximum atomic E-state index is 11.8. The number of fused-ring (bicyclic) bond motifs is 1. The summed E-state index contributed by atoms with van der Waals surface area (Å²) in [6, 6.07) is 4.94. The summed E-state index contributed by atoms with van der Waals surface area (Å²) < 4.78 is 7.74. The van der Waals surface area contributed by atoms with Crippen LogP contribution in [0.25, 0.3) is 16.8 Å². The molecule has 2 heterocycles. The van der Waals surface area contributed by atoms with Gasteiger partial charge >= 0.3 is 11.4 Å². The number of aromatic nitrogens is 3. The van der Waals surface area contributed by atoms with Crippen LogP contribution >= 0.6 is 0 Å². The van der Waals surface area contributed by atoms with Gasteiger partial charge in [-0.05, 0) is 19.1 Å². The van der Waals surface area contributed by atoms with Crippen molar-refractivity contribution in [2.24, 2.45) is 7.05 Å². The molecule has 0 spiro atoms. The summed E-state index contributed by atoms with van der Waals surface area (Å²) in [7, 11) is 1.60. The summed E-state index contributed by atoms with van der Waals surface area (Å²) in [6.45, 7) is 1.61. The molecule has 0 saturated heterocycles. The Kier molecular flexibility index (Phi) is 2.50. The van der Waals surface area contributed by atoms with E-state index in [-0.39, 0.29) is 0 Å². The average molecular weight is 273 g/mol. The molecule has 0 radical (unpaired) electrons. The Morgan fingerprint density at radius 2 is 1.95 bits per heavy atom. The van der Waals surface area contributed by atoms with Crippen molar-refractivity contribution in [3.8, 4) is 5.69 Å². The largest absolute Gasteiger partial charge is 0.419 e. The molecule has 0 aliphatic carbocycles. The van der Waals surface area contributed by atoms with Crippen LogP contribution in [0.4, 0.5) is 0 Å². The third-order valence-corrected chi connectivity index (χ3v) is 3.17. The highest BCUT2D eigenvalue weighted by atomic mass is 16.4. The molecule has 102 valence electrons. The zero-order chi connectivity index (χ0) is 14.4. The third-order valence-electron chi connectivity index (χ3n) is 3.17. The van der Waals surface area contributed by atoms with Gasteiger partial charge in [-0.25, -0.2) is 9.59 Å². The van der Waals surface area contributed by atoms with E-state index in [1.807, 2.05) is 0 Å². The van der Waals surface area contributed by atoms with Crippen LogP contribution in [0.1, 0.15) is 5.56 Å². The summed E-state index contributed by atoms with van der Waals surface area (Å²) in [5.74, 6) is -0.470. The molecule has 1 N–H and O–H groups in total. The van der Waals surface area contributed by atoms with E-state index in [4.69, 9.17) is 4.42 Å².